The first-order chi connectivity index (χ1) is 13.7. The molecule has 3 rings (SSSR count). The van der Waals surface area contributed by atoms with E-state index in [0.29, 0.717) is 5.56 Å². The van der Waals surface area contributed by atoms with Crippen molar-refractivity contribution in [1.29, 1.82) is 0 Å². The minimum atomic E-state index is -4.53. The summed E-state index contributed by atoms with van der Waals surface area (Å²) in [5.74, 6) is -0.591. The predicted octanol–water partition coefficient (Wildman–Crippen LogP) is 3.84. The molecule has 3 aromatic rings. The molecule has 4 N–H and O–H groups in total. The molecule has 2 aromatic carbocycles. The van der Waals surface area contributed by atoms with Gasteiger partial charge in [-0.3, -0.25) is 9.59 Å². The largest absolute Gasteiger partial charge is 0.416 e. The maximum atomic E-state index is 12.9. The van der Waals surface area contributed by atoms with Crippen LogP contribution in [0, 0.1) is 0 Å². The van der Waals surface area contributed by atoms with Crippen LogP contribution in [0.2, 0.25) is 0 Å². The molecule has 1 amide bonds. The minimum Gasteiger partial charge on any atom is -0.383 e. The Morgan fingerprint density at radius 3 is 2.48 bits per heavy atom. The van der Waals surface area contributed by atoms with E-state index >= 15 is 0 Å². The highest BCUT2D eigenvalue weighted by molar-refractivity contribution is 8.00. The third-order valence-electron chi connectivity index (χ3n) is 3.77. The molecule has 0 aliphatic carbocycles. The Kier molecular flexibility index (Phi) is 5.92. The maximum absolute atomic E-state index is 12.9. The van der Waals surface area contributed by atoms with Crippen LogP contribution in [0.15, 0.2) is 70.6 Å². The quantitative estimate of drug-likeness (QED) is 0.430. The molecule has 0 saturated heterocycles. The van der Waals surface area contributed by atoms with Crippen LogP contribution in [0.5, 0.6) is 0 Å². The molecule has 1 atom stereocenters. The van der Waals surface area contributed by atoms with Gasteiger partial charge in [0.25, 0.3) is 5.56 Å². The van der Waals surface area contributed by atoms with Gasteiger partial charge in [-0.05, 0) is 23.8 Å². The van der Waals surface area contributed by atoms with E-state index in [1.807, 2.05) is 0 Å². The highest BCUT2D eigenvalue weighted by atomic mass is 32.2. The van der Waals surface area contributed by atoms with Gasteiger partial charge >= 0.3 is 6.18 Å². The molecule has 0 saturated carbocycles. The molecule has 1 aromatic heterocycles. The number of H-pyrrole nitrogens is 1. The van der Waals surface area contributed by atoms with Gasteiger partial charge in [0.2, 0.25) is 5.91 Å². The summed E-state index contributed by atoms with van der Waals surface area (Å²) in [6, 6.07) is 14.0. The van der Waals surface area contributed by atoms with Crippen molar-refractivity contribution in [2.24, 2.45) is 0 Å². The monoisotopic (exact) mass is 420 g/mol. The minimum absolute atomic E-state index is 0.000356. The zero-order valence-corrected chi connectivity index (χ0v) is 15.6. The normalized spacial score (nSPS) is 12.4. The van der Waals surface area contributed by atoms with Crippen molar-refractivity contribution in [2.75, 3.05) is 11.1 Å². The maximum Gasteiger partial charge on any atom is 0.416 e. The van der Waals surface area contributed by atoms with Gasteiger partial charge in [-0.2, -0.15) is 13.2 Å². The topological polar surface area (TPSA) is 101 Å². The summed E-state index contributed by atoms with van der Waals surface area (Å²) in [7, 11) is 0. The summed E-state index contributed by atoms with van der Waals surface area (Å²) in [5, 5.41) is 1.71. The number of hydrogen-bond donors (Lipinski definition) is 3. The third kappa shape index (κ3) is 5.38. The molecule has 6 nitrogen and oxygen atoms in total. The van der Waals surface area contributed by atoms with E-state index in [2.05, 4.69) is 15.3 Å². The smallest absolute Gasteiger partial charge is 0.383 e. The lowest BCUT2D eigenvalue weighted by atomic mass is 10.1. The van der Waals surface area contributed by atoms with Crippen LogP contribution in [-0.4, -0.2) is 15.9 Å². The number of carbonyl (C=O) groups is 1. The zero-order valence-electron chi connectivity index (χ0n) is 14.7. The Morgan fingerprint density at radius 2 is 1.83 bits per heavy atom. The van der Waals surface area contributed by atoms with Crippen molar-refractivity contribution in [3.63, 3.8) is 0 Å². The number of hydrogen-bond acceptors (Lipinski definition) is 5. The fourth-order valence-corrected chi connectivity index (χ4v) is 3.50. The van der Waals surface area contributed by atoms with Crippen molar-refractivity contribution < 1.29 is 18.0 Å². The van der Waals surface area contributed by atoms with Crippen LogP contribution >= 0.6 is 11.8 Å². The zero-order chi connectivity index (χ0) is 21.0. The number of halogens is 3. The molecule has 10 heteroatoms. The lowest BCUT2D eigenvalue weighted by molar-refractivity contribution is -0.137. The number of nitrogen functional groups attached to an aromatic ring is 1. The Hall–Kier alpha value is -3.27. The average molecular weight is 420 g/mol. The van der Waals surface area contributed by atoms with Crippen molar-refractivity contribution in [1.82, 2.24) is 9.97 Å². The first-order valence-corrected chi connectivity index (χ1v) is 9.17. The molecular weight excluding hydrogens is 405 g/mol. The molecule has 29 heavy (non-hydrogen) atoms. The number of carbonyl (C=O) groups excluding carboxylic acids is 1. The van der Waals surface area contributed by atoms with E-state index in [4.69, 9.17) is 5.73 Å². The van der Waals surface area contributed by atoms with Gasteiger partial charge < -0.3 is 16.0 Å². The van der Waals surface area contributed by atoms with Gasteiger partial charge in [0.05, 0.1) is 5.56 Å². The molecular formula is C19H15F3N4O2S. The van der Waals surface area contributed by atoms with Crippen LogP contribution in [0.4, 0.5) is 24.7 Å². The number of benzene rings is 2. The second-order valence-corrected chi connectivity index (χ2v) is 7.05. The number of thioether (sulfide) groups is 1. The fourth-order valence-electron chi connectivity index (χ4n) is 2.50. The Labute approximate surface area is 167 Å². The SMILES string of the molecule is Nc1cc(=O)[nH]c(SC(C(=O)Nc2cccc(C(F)(F)F)c2)c2ccccc2)n1. The summed E-state index contributed by atoms with van der Waals surface area (Å²) in [4.78, 5) is 31.0. The Balaban J connectivity index is 1.90. The van der Waals surface area contributed by atoms with E-state index in [9.17, 15) is 22.8 Å². The van der Waals surface area contributed by atoms with E-state index in [0.717, 1.165) is 30.0 Å². The number of aromatic amines is 1. The van der Waals surface area contributed by atoms with E-state index < -0.39 is 28.5 Å². The number of nitrogens with zero attached hydrogens (tertiary/aromatic N) is 1. The van der Waals surface area contributed by atoms with Crippen LogP contribution < -0.4 is 16.6 Å². The average Bonchev–Trinajstić information content (AvgIpc) is 2.65. The molecule has 0 radical (unpaired) electrons. The van der Waals surface area contributed by atoms with E-state index in [-0.39, 0.29) is 16.7 Å². The number of alkyl halides is 3. The highest BCUT2D eigenvalue weighted by Crippen LogP contribution is 2.35. The van der Waals surface area contributed by atoms with Crippen molar-refractivity contribution in [3.8, 4) is 0 Å². The number of rotatable bonds is 5. The standard InChI is InChI=1S/C19H15F3N4O2S/c20-19(21,22)12-7-4-8-13(9-12)24-17(28)16(11-5-2-1-3-6-11)29-18-25-14(23)10-15(27)26-18/h1-10,16H,(H,24,28)(H3,23,25,26,27). The van der Waals surface area contributed by atoms with Crippen molar-refractivity contribution >= 4 is 29.2 Å². The number of nitrogens with two attached hydrogens (primary N) is 1. The van der Waals surface area contributed by atoms with Crippen molar-refractivity contribution in [3.05, 3.63) is 82.1 Å². The molecule has 1 unspecified atom stereocenters. The van der Waals surface area contributed by atoms with Gasteiger partial charge in [-0.1, -0.05) is 48.2 Å². The van der Waals surface area contributed by atoms with Gasteiger partial charge in [0, 0.05) is 11.8 Å². The predicted molar refractivity (Wildman–Crippen MR) is 104 cm³/mol. The summed E-state index contributed by atoms with van der Waals surface area (Å²) >= 11 is 0.926. The Bertz CT molecular complexity index is 1070. The van der Waals surface area contributed by atoms with E-state index in [1.165, 1.54) is 12.1 Å². The van der Waals surface area contributed by atoms with Gasteiger partial charge in [0.15, 0.2) is 5.16 Å². The molecule has 0 aliphatic heterocycles. The molecule has 1 heterocycles. The summed E-state index contributed by atoms with van der Waals surface area (Å²) in [6.07, 6.45) is -4.53. The third-order valence-corrected chi connectivity index (χ3v) is 4.91. The summed E-state index contributed by atoms with van der Waals surface area (Å²) < 4.78 is 38.8. The number of anilines is 2. The lowest BCUT2D eigenvalue weighted by Gasteiger charge is -2.17. The lowest BCUT2D eigenvalue weighted by Crippen LogP contribution is -2.20. The molecule has 0 bridgehead atoms. The second-order valence-electron chi connectivity index (χ2n) is 5.95. The second kappa shape index (κ2) is 8.39. The first-order valence-electron chi connectivity index (χ1n) is 8.29. The number of nitrogens with one attached hydrogen (secondary N) is 2. The summed E-state index contributed by atoms with van der Waals surface area (Å²) in [5.41, 5.74) is 4.80. The van der Waals surface area contributed by atoms with E-state index in [1.54, 1.807) is 30.3 Å². The molecule has 150 valence electrons. The Morgan fingerprint density at radius 1 is 1.10 bits per heavy atom. The fraction of sp³-hybridized carbons (Fsp3) is 0.105. The van der Waals surface area contributed by atoms with Gasteiger partial charge in [-0.25, -0.2) is 4.98 Å². The van der Waals surface area contributed by atoms with Gasteiger partial charge in [0.1, 0.15) is 11.1 Å². The van der Waals surface area contributed by atoms with Gasteiger partial charge in [-0.15, -0.1) is 0 Å². The first kappa shape index (κ1) is 20.5. The molecule has 0 spiro atoms. The van der Waals surface area contributed by atoms with Crippen LogP contribution in [0.1, 0.15) is 16.4 Å². The number of amides is 1. The van der Waals surface area contributed by atoms with Crippen LogP contribution in [0.25, 0.3) is 0 Å². The van der Waals surface area contributed by atoms with Crippen LogP contribution in [-0.2, 0) is 11.0 Å². The molecule has 0 fully saturated rings. The van der Waals surface area contributed by atoms with Crippen LogP contribution in [0.3, 0.4) is 0 Å². The molecule has 0 aliphatic rings. The summed E-state index contributed by atoms with van der Waals surface area (Å²) in [6.45, 7) is 0. The van der Waals surface area contributed by atoms with Crippen molar-refractivity contribution in [2.45, 2.75) is 16.6 Å². The highest BCUT2D eigenvalue weighted by Gasteiger charge is 2.31. The number of aromatic nitrogens is 2.